The van der Waals surface area contributed by atoms with Crippen LogP contribution in [-0.4, -0.2) is 92.0 Å². The first-order valence-corrected chi connectivity index (χ1v) is 11.2. The van der Waals surface area contributed by atoms with E-state index in [9.17, 15) is 33.6 Å². The Morgan fingerprint density at radius 3 is 1.89 bits per heavy atom. The highest BCUT2D eigenvalue weighted by atomic mass is 16.6. The van der Waals surface area contributed by atoms with Crippen LogP contribution in [0.3, 0.4) is 0 Å². The lowest BCUT2D eigenvalue weighted by Crippen LogP contribution is -2.68. The Morgan fingerprint density at radius 1 is 0.868 bits per heavy atom. The molecule has 1 amide bonds. The van der Waals surface area contributed by atoms with Crippen molar-refractivity contribution in [1.82, 2.24) is 5.32 Å². The third-order valence-electron chi connectivity index (χ3n) is 4.83. The third kappa shape index (κ3) is 9.37. The van der Waals surface area contributed by atoms with Gasteiger partial charge in [0.1, 0.15) is 19.3 Å². The molecule has 0 fully saturated rings. The van der Waals surface area contributed by atoms with Gasteiger partial charge in [-0.15, -0.1) is 0 Å². The van der Waals surface area contributed by atoms with Crippen LogP contribution >= 0.6 is 0 Å². The molecule has 1 aliphatic heterocycles. The molecule has 15 nitrogen and oxygen atoms in total. The molecule has 0 saturated carbocycles. The van der Waals surface area contributed by atoms with Crippen molar-refractivity contribution in [3.63, 3.8) is 0 Å². The molecule has 5 atom stereocenters. The fourth-order valence-corrected chi connectivity index (χ4v) is 3.62. The Bertz CT molecular complexity index is 989. The summed E-state index contributed by atoms with van der Waals surface area (Å²) in [7, 11) is 1.02. The molecule has 0 spiro atoms. The molecule has 0 radical (unpaired) electrons. The number of amides is 1. The summed E-state index contributed by atoms with van der Waals surface area (Å²) in [6.45, 7) is 4.92. The largest absolute Gasteiger partial charge is 0.477 e. The second kappa shape index (κ2) is 13.9. The molecule has 212 valence electrons. The molecule has 0 aromatic heterocycles. The number of rotatable bonds is 11. The van der Waals surface area contributed by atoms with E-state index in [0.717, 1.165) is 54.7 Å². The predicted octanol–water partition coefficient (Wildman–Crippen LogP) is -0.762. The average Bonchev–Trinajstić information content (AvgIpc) is 2.78. The van der Waals surface area contributed by atoms with Crippen LogP contribution in [0.5, 0.6) is 0 Å². The maximum Gasteiger partial charge on any atom is 0.373 e. The van der Waals surface area contributed by atoms with E-state index >= 15 is 0 Å². The van der Waals surface area contributed by atoms with Gasteiger partial charge in [0.2, 0.25) is 11.7 Å². The van der Waals surface area contributed by atoms with Crippen molar-refractivity contribution in [2.24, 2.45) is 0 Å². The number of esters is 6. The molecule has 0 bridgehead atoms. The first-order chi connectivity index (χ1) is 17.6. The summed E-state index contributed by atoms with van der Waals surface area (Å²) in [6.07, 6.45) is -3.93. The van der Waals surface area contributed by atoms with Gasteiger partial charge in [-0.25, -0.2) is 4.79 Å². The Labute approximate surface area is 218 Å². The van der Waals surface area contributed by atoms with E-state index in [2.05, 4.69) is 5.32 Å². The SMILES string of the molecule is COC(=O)C1=C[C@@](COC(C)=O)(OC(C)=O)[C@@H](NC(C)=O)[C@H]([C@H](OC(C)=O)[C@@H](COC(C)=O)OC(C)=O)O1. The van der Waals surface area contributed by atoms with Crippen molar-refractivity contribution in [2.75, 3.05) is 20.3 Å². The summed E-state index contributed by atoms with van der Waals surface area (Å²) in [5.41, 5.74) is -2.11. The molecule has 1 aliphatic rings. The van der Waals surface area contributed by atoms with Crippen LogP contribution < -0.4 is 5.32 Å². The summed E-state index contributed by atoms with van der Waals surface area (Å²) in [5.74, 6) is -6.67. The summed E-state index contributed by atoms with van der Waals surface area (Å²) in [4.78, 5) is 84.1. The molecular weight excluding hydrogens is 514 g/mol. The van der Waals surface area contributed by atoms with Crippen LogP contribution in [0.4, 0.5) is 0 Å². The summed E-state index contributed by atoms with van der Waals surface area (Å²) >= 11 is 0. The smallest absolute Gasteiger partial charge is 0.373 e. The summed E-state index contributed by atoms with van der Waals surface area (Å²) in [5, 5.41) is 2.49. The van der Waals surface area contributed by atoms with Gasteiger partial charge < -0.3 is 38.5 Å². The zero-order chi connectivity index (χ0) is 29.2. The number of ether oxygens (including phenoxy) is 7. The monoisotopic (exact) mass is 545 g/mol. The normalized spacial score (nSPS) is 21.7. The lowest BCUT2D eigenvalue weighted by molar-refractivity contribution is -0.202. The maximum atomic E-state index is 12.5. The van der Waals surface area contributed by atoms with Crippen molar-refractivity contribution < 1.29 is 66.7 Å². The molecule has 1 rings (SSSR count). The molecule has 1 N–H and O–H groups in total. The molecule has 0 aromatic carbocycles. The molecular formula is C23H31NO14. The summed E-state index contributed by atoms with van der Waals surface area (Å²) in [6, 6.07) is -1.53. The van der Waals surface area contributed by atoms with Gasteiger partial charge >= 0.3 is 35.8 Å². The highest BCUT2D eigenvalue weighted by Gasteiger charge is 2.57. The molecule has 15 heteroatoms. The number of methoxy groups -OCH3 is 1. The Hall–Kier alpha value is -4.17. The predicted molar refractivity (Wildman–Crippen MR) is 121 cm³/mol. The van der Waals surface area contributed by atoms with E-state index in [0.29, 0.717) is 0 Å². The Kier molecular flexibility index (Phi) is 11.7. The fourth-order valence-electron chi connectivity index (χ4n) is 3.62. The molecule has 0 unspecified atom stereocenters. The van der Waals surface area contributed by atoms with Gasteiger partial charge in [-0.3, -0.25) is 28.8 Å². The lowest BCUT2D eigenvalue weighted by Gasteiger charge is -2.46. The van der Waals surface area contributed by atoms with Gasteiger partial charge in [0.15, 0.2) is 23.9 Å². The first-order valence-electron chi connectivity index (χ1n) is 11.2. The molecule has 0 saturated heterocycles. The topological polar surface area (TPSA) is 196 Å². The van der Waals surface area contributed by atoms with Gasteiger partial charge in [0.25, 0.3) is 0 Å². The van der Waals surface area contributed by atoms with Gasteiger partial charge in [0, 0.05) is 47.6 Å². The second-order valence-corrected chi connectivity index (χ2v) is 8.11. The third-order valence-corrected chi connectivity index (χ3v) is 4.83. The summed E-state index contributed by atoms with van der Waals surface area (Å²) < 4.78 is 36.6. The van der Waals surface area contributed by atoms with Crippen LogP contribution in [0.1, 0.15) is 41.5 Å². The fraction of sp³-hybridized carbons (Fsp3) is 0.609. The molecule has 1 heterocycles. The number of carbonyl (C=O) groups is 7. The highest BCUT2D eigenvalue weighted by Crippen LogP contribution is 2.35. The number of hydrogen-bond donors (Lipinski definition) is 1. The number of hydrogen-bond acceptors (Lipinski definition) is 14. The maximum absolute atomic E-state index is 12.5. The minimum Gasteiger partial charge on any atom is -0.477 e. The van der Waals surface area contributed by atoms with Crippen molar-refractivity contribution >= 4 is 41.7 Å². The average molecular weight is 545 g/mol. The van der Waals surface area contributed by atoms with Crippen LogP contribution in [0, 0.1) is 0 Å². The van der Waals surface area contributed by atoms with Crippen molar-refractivity contribution in [3.8, 4) is 0 Å². The molecule has 0 aromatic rings. The van der Waals surface area contributed by atoms with E-state index in [-0.39, 0.29) is 0 Å². The second-order valence-electron chi connectivity index (χ2n) is 8.11. The van der Waals surface area contributed by atoms with Crippen molar-refractivity contribution in [3.05, 3.63) is 11.8 Å². The van der Waals surface area contributed by atoms with Crippen molar-refractivity contribution in [1.29, 1.82) is 0 Å². The lowest BCUT2D eigenvalue weighted by atomic mass is 9.83. The molecule has 38 heavy (non-hydrogen) atoms. The standard InChI is InChI=1S/C23H31NO14/c1-11(25)24-21-20(19(36-15(5)29)18(35-14(4)28)9-33-12(2)26)37-17(22(31)32-7)8-23(21,38-16(6)30)10-34-13(3)27/h8,18-21H,9-10H2,1-7H3,(H,24,25)/t18-,19-,20+,21+,23+/m1/s1. The van der Waals surface area contributed by atoms with Crippen LogP contribution in [0.2, 0.25) is 0 Å². The Morgan fingerprint density at radius 2 is 1.45 bits per heavy atom. The van der Waals surface area contributed by atoms with E-state index in [4.69, 9.17) is 33.2 Å². The highest BCUT2D eigenvalue weighted by molar-refractivity contribution is 5.87. The van der Waals surface area contributed by atoms with Crippen LogP contribution in [0.25, 0.3) is 0 Å². The van der Waals surface area contributed by atoms with E-state index < -0.39 is 90.7 Å². The van der Waals surface area contributed by atoms with Gasteiger partial charge in [-0.05, 0) is 0 Å². The van der Waals surface area contributed by atoms with Gasteiger partial charge in [-0.2, -0.15) is 0 Å². The van der Waals surface area contributed by atoms with Crippen LogP contribution in [-0.2, 0) is 66.7 Å². The van der Waals surface area contributed by atoms with Gasteiger partial charge in [-0.1, -0.05) is 0 Å². The van der Waals surface area contributed by atoms with E-state index in [1.807, 2.05) is 0 Å². The Balaban J connectivity index is 3.92. The van der Waals surface area contributed by atoms with E-state index in [1.54, 1.807) is 0 Å². The van der Waals surface area contributed by atoms with Crippen LogP contribution in [0.15, 0.2) is 11.8 Å². The number of carbonyl (C=O) groups excluding carboxylic acids is 7. The minimum atomic E-state index is -2.11. The first kappa shape index (κ1) is 31.9. The quantitative estimate of drug-likeness (QED) is 0.251. The zero-order valence-electron chi connectivity index (χ0n) is 22.0. The zero-order valence-corrected chi connectivity index (χ0v) is 22.0. The van der Waals surface area contributed by atoms with Gasteiger partial charge in [0.05, 0.1) is 7.11 Å². The molecule has 0 aliphatic carbocycles. The van der Waals surface area contributed by atoms with Crippen molar-refractivity contribution in [2.45, 2.75) is 71.5 Å². The minimum absolute atomic E-state index is 0.585. The number of nitrogens with one attached hydrogen (secondary N) is 1. The van der Waals surface area contributed by atoms with E-state index in [1.165, 1.54) is 0 Å².